The van der Waals surface area contributed by atoms with Crippen LogP contribution in [-0.2, 0) is 0 Å². The van der Waals surface area contributed by atoms with Crippen molar-refractivity contribution in [3.63, 3.8) is 0 Å². The van der Waals surface area contributed by atoms with Gasteiger partial charge in [0.25, 0.3) is 0 Å². The summed E-state index contributed by atoms with van der Waals surface area (Å²) in [5, 5.41) is 0. The summed E-state index contributed by atoms with van der Waals surface area (Å²) in [7, 11) is 0. The molecule has 0 saturated carbocycles. The second-order valence-electron chi connectivity index (χ2n) is 6.78. The molecule has 0 heterocycles. The van der Waals surface area contributed by atoms with Crippen LogP contribution < -0.4 is 29.6 Å². The zero-order valence-corrected chi connectivity index (χ0v) is 16.5. The molecule has 4 rings (SSSR count). The zero-order valence-electron chi connectivity index (χ0n) is 15.5. The number of hydrogen-bond donors (Lipinski definition) is 0. The molecule has 0 fully saturated rings. The molecule has 1 heteroatoms. The van der Waals surface area contributed by atoms with Crippen molar-refractivity contribution in [2.24, 2.45) is 5.92 Å². The standard InChI is InChI=1S/C22H22.Na.H/c1-14-6-4-8-21-17(14)10-12-19(21)16(3)20-13-11-18-15(2)7-5-9-22(18)20;;/h4-13,16,19-20H,1-3H3;;/q;+1;-1. The Kier molecular flexibility index (Phi) is 4.69. The van der Waals surface area contributed by atoms with Crippen LogP contribution in [0.5, 0.6) is 0 Å². The summed E-state index contributed by atoms with van der Waals surface area (Å²) in [6.45, 7) is 6.83. The molecule has 0 aromatic heterocycles. The first-order chi connectivity index (χ1) is 10.7. The largest absolute Gasteiger partial charge is 1.00 e. The fourth-order valence-corrected chi connectivity index (χ4v) is 4.19. The van der Waals surface area contributed by atoms with Gasteiger partial charge < -0.3 is 1.43 Å². The van der Waals surface area contributed by atoms with Crippen LogP contribution in [0.3, 0.4) is 0 Å². The number of rotatable bonds is 2. The summed E-state index contributed by atoms with van der Waals surface area (Å²) in [6.07, 6.45) is 9.46. The summed E-state index contributed by atoms with van der Waals surface area (Å²) < 4.78 is 0. The summed E-state index contributed by atoms with van der Waals surface area (Å²) in [5.74, 6) is 1.63. The molecule has 0 nitrogen and oxygen atoms in total. The second-order valence-corrected chi connectivity index (χ2v) is 6.78. The number of aryl methyl sites for hydroxylation is 2. The molecule has 0 N–H and O–H groups in total. The van der Waals surface area contributed by atoms with Crippen molar-refractivity contribution in [1.29, 1.82) is 0 Å². The molecule has 112 valence electrons. The third-order valence-electron chi connectivity index (χ3n) is 5.51. The molecule has 0 radical (unpaired) electrons. The fourth-order valence-electron chi connectivity index (χ4n) is 4.19. The van der Waals surface area contributed by atoms with Crippen LogP contribution in [0.1, 0.15) is 53.6 Å². The van der Waals surface area contributed by atoms with Crippen LogP contribution in [0, 0.1) is 19.8 Å². The maximum atomic E-state index is 2.41. The van der Waals surface area contributed by atoms with Gasteiger partial charge in [-0.15, -0.1) is 0 Å². The molecule has 2 aliphatic rings. The molecule has 2 aliphatic carbocycles. The van der Waals surface area contributed by atoms with Crippen molar-refractivity contribution in [3.05, 3.63) is 81.9 Å². The Morgan fingerprint density at radius 1 is 0.783 bits per heavy atom. The van der Waals surface area contributed by atoms with Crippen molar-refractivity contribution in [3.8, 4) is 0 Å². The monoisotopic (exact) mass is 310 g/mol. The van der Waals surface area contributed by atoms with Gasteiger partial charge in [0.15, 0.2) is 0 Å². The molecule has 2 aromatic rings. The molecule has 0 saturated heterocycles. The predicted octanol–water partition coefficient (Wildman–Crippen LogP) is 2.98. The average molecular weight is 310 g/mol. The van der Waals surface area contributed by atoms with Gasteiger partial charge in [-0.05, 0) is 53.1 Å². The molecule has 23 heavy (non-hydrogen) atoms. The number of fused-ring (bicyclic) bond motifs is 2. The molecule has 0 aliphatic heterocycles. The van der Waals surface area contributed by atoms with Crippen LogP contribution >= 0.6 is 0 Å². The van der Waals surface area contributed by atoms with E-state index in [9.17, 15) is 0 Å². The SMILES string of the molecule is Cc1cccc2c1C=CC2C(C)C1C=Cc2c(C)cccc21.[H-].[Na+]. The Bertz CT molecular complexity index is 736. The van der Waals surface area contributed by atoms with Crippen LogP contribution in [-0.4, -0.2) is 0 Å². The summed E-state index contributed by atoms with van der Waals surface area (Å²) in [4.78, 5) is 0. The molecule has 0 amide bonds. The molecule has 0 bridgehead atoms. The van der Waals surface area contributed by atoms with E-state index in [0.717, 1.165) is 0 Å². The molecule has 2 unspecified atom stereocenters. The van der Waals surface area contributed by atoms with Gasteiger partial charge in [0, 0.05) is 11.8 Å². The van der Waals surface area contributed by atoms with Gasteiger partial charge >= 0.3 is 29.6 Å². The van der Waals surface area contributed by atoms with Crippen molar-refractivity contribution in [2.75, 3.05) is 0 Å². The number of allylic oxidation sites excluding steroid dienone is 2. The van der Waals surface area contributed by atoms with Gasteiger partial charge in [0.1, 0.15) is 0 Å². The Labute approximate surface area is 163 Å². The van der Waals surface area contributed by atoms with E-state index < -0.39 is 0 Å². The fraction of sp³-hybridized carbons (Fsp3) is 0.273. The molecular formula is C22H23Na. The number of benzene rings is 2. The number of hydrogen-bond acceptors (Lipinski definition) is 0. The summed E-state index contributed by atoms with van der Waals surface area (Å²) in [6, 6.07) is 13.4. The van der Waals surface area contributed by atoms with E-state index in [1.54, 1.807) is 0 Å². The maximum absolute atomic E-state index is 2.41. The van der Waals surface area contributed by atoms with Gasteiger partial charge in [-0.1, -0.05) is 67.6 Å². The summed E-state index contributed by atoms with van der Waals surface area (Å²) >= 11 is 0. The van der Waals surface area contributed by atoms with Gasteiger partial charge in [-0.2, -0.15) is 0 Å². The molecule has 0 spiro atoms. The van der Waals surface area contributed by atoms with Gasteiger partial charge in [-0.25, -0.2) is 0 Å². The first kappa shape index (κ1) is 16.8. The summed E-state index contributed by atoms with van der Waals surface area (Å²) in [5.41, 5.74) is 8.66. The van der Waals surface area contributed by atoms with Gasteiger partial charge in [-0.3, -0.25) is 0 Å². The van der Waals surface area contributed by atoms with Crippen molar-refractivity contribution in [2.45, 2.75) is 32.6 Å². The van der Waals surface area contributed by atoms with Crippen LogP contribution in [0.4, 0.5) is 0 Å². The van der Waals surface area contributed by atoms with E-state index in [1.807, 2.05) is 0 Å². The zero-order chi connectivity index (χ0) is 15.3. The Morgan fingerprint density at radius 2 is 1.22 bits per heavy atom. The third-order valence-corrected chi connectivity index (χ3v) is 5.51. The van der Waals surface area contributed by atoms with Crippen molar-refractivity contribution < 1.29 is 31.0 Å². The van der Waals surface area contributed by atoms with Crippen LogP contribution in [0.25, 0.3) is 12.2 Å². The van der Waals surface area contributed by atoms with E-state index in [1.165, 1.54) is 33.4 Å². The first-order valence-corrected chi connectivity index (χ1v) is 8.22. The smallest absolute Gasteiger partial charge is 1.00 e. The van der Waals surface area contributed by atoms with Crippen molar-refractivity contribution >= 4 is 12.2 Å². The maximum Gasteiger partial charge on any atom is 1.00 e. The van der Waals surface area contributed by atoms with E-state index in [2.05, 4.69) is 81.5 Å². The minimum atomic E-state index is 0. The topological polar surface area (TPSA) is 0 Å². The first-order valence-electron chi connectivity index (χ1n) is 8.22. The second kappa shape index (κ2) is 6.43. The van der Waals surface area contributed by atoms with Crippen molar-refractivity contribution in [1.82, 2.24) is 0 Å². The quantitative estimate of drug-likeness (QED) is 0.748. The Balaban J connectivity index is 0.00000104. The van der Waals surface area contributed by atoms with E-state index in [-0.39, 0.29) is 31.0 Å². The minimum Gasteiger partial charge on any atom is -1.00 e. The molecule has 2 aromatic carbocycles. The average Bonchev–Trinajstić information content (AvgIpc) is 3.12. The van der Waals surface area contributed by atoms with Gasteiger partial charge in [0.2, 0.25) is 0 Å². The molecule has 2 atom stereocenters. The Morgan fingerprint density at radius 3 is 1.65 bits per heavy atom. The third kappa shape index (κ3) is 2.67. The van der Waals surface area contributed by atoms with E-state index >= 15 is 0 Å². The van der Waals surface area contributed by atoms with Gasteiger partial charge in [0.05, 0.1) is 0 Å². The van der Waals surface area contributed by atoms with Crippen LogP contribution in [0.15, 0.2) is 48.6 Å². The predicted molar refractivity (Wildman–Crippen MR) is 96.2 cm³/mol. The van der Waals surface area contributed by atoms with Crippen LogP contribution in [0.2, 0.25) is 0 Å². The molecular weight excluding hydrogens is 287 g/mol. The minimum absolute atomic E-state index is 0. The van der Waals surface area contributed by atoms with E-state index in [0.29, 0.717) is 17.8 Å². The normalized spacial score (nSPS) is 21.7. The van der Waals surface area contributed by atoms with E-state index in [4.69, 9.17) is 0 Å². The Hall–Kier alpha value is -1.08.